The number of aromatic hydroxyl groups is 2. The lowest BCUT2D eigenvalue weighted by Gasteiger charge is -2.28. The highest BCUT2D eigenvalue weighted by molar-refractivity contribution is 5.50. The van der Waals surface area contributed by atoms with Gasteiger partial charge < -0.3 is 10.2 Å². The van der Waals surface area contributed by atoms with Gasteiger partial charge in [0.05, 0.1) is 0 Å². The molecule has 0 amide bonds. The highest BCUT2D eigenvalue weighted by Gasteiger charge is 2.18. The number of nitrogens with zero attached hydrogens (tertiary/aromatic N) is 2. The van der Waals surface area contributed by atoms with E-state index in [1.807, 2.05) is 12.1 Å². The second kappa shape index (κ2) is 7.34. The molecule has 0 spiro atoms. The van der Waals surface area contributed by atoms with Gasteiger partial charge in [-0.3, -0.25) is 9.80 Å². The minimum Gasteiger partial charge on any atom is -0.504 e. The first-order valence-electron chi connectivity index (χ1n) is 8.71. The molecule has 0 saturated carbocycles. The van der Waals surface area contributed by atoms with Crippen LogP contribution in [0.1, 0.15) is 49.7 Å². The Hall–Kier alpha value is -1.26. The van der Waals surface area contributed by atoms with E-state index in [1.54, 1.807) is 0 Å². The second-order valence-corrected chi connectivity index (χ2v) is 6.75. The Labute approximate surface area is 133 Å². The number of piperidine rings is 2. The zero-order valence-corrected chi connectivity index (χ0v) is 13.4. The smallest absolute Gasteiger partial charge is 0.162 e. The molecule has 2 aliphatic heterocycles. The van der Waals surface area contributed by atoms with Gasteiger partial charge in [-0.25, -0.2) is 0 Å². The SMILES string of the molecule is Oc1c(CN2CCCCC2)ccc(CN2CCCCC2)c1O. The van der Waals surface area contributed by atoms with E-state index in [0.29, 0.717) is 0 Å². The van der Waals surface area contributed by atoms with Gasteiger partial charge in [-0.15, -0.1) is 0 Å². The van der Waals surface area contributed by atoms with Crippen molar-refractivity contribution in [3.05, 3.63) is 23.3 Å². The maximum absolute atomic E-state index is 10.3. The molecule has 2 saturated heterocycles. The van der Waals surface area contributed by atoms with E-state index in [0.717, 1.165) is 50.4 Å². The molecule has 4 heteroatoms. The number of likely N-dealkylation sites (tertiary alicyclic amines) is 2. The molecule has 0 unspecified atom stereocenters. The normalized spacial score (nSPS) is 21.1. The highest BCUT2D eigenvalue weighted by atomic mass is 16.3. The summed E-state index contributed by atoms with van der Waals surface area (Å²) in [6, 6.07) is 3.98. The van der Waals surface area contributed by atoms with Gasteiger partial charge in [0.1, 0.15) is 0 Å². The van der Waals surface area contributed by atoms with Crippen LogP contribution in [0.5, 0.6) is 11.5 Å². The lowest BCUT2D eigenvalue weighted by Crippen LogP contribution is -2.29. The minimum atomic E-state index is 0.0834. The molecular weight excluding hydrogens is 276 g/mol. The standard InChI is InChI=1S/C18H28N2O2/c21-17-15(13-19-9-3-1-4-10-19)7-8-16(18(17)22)14-20-11-5-2-6-12-20/h7-8,21-22H,1-6,9-14H2. The van der Waals surface area contributed by atoms with E-state index in [-0.39, 0.29) is 11.5 Å². The highest BCUT2D eigenvalue weighted by Crippen LogP contribution is 2.34. The lowest BCUT2D eigenvalue weighted by atomic mass is 10.0. The molecule has 4 nitrogen and oxygen atoms in total. The van der Waals surface area contributed by atoms with Crippen molar-refractivity contribution in [2.45, 2.75) is 51.6 Å². The van der Waals surface area contributed by atoms with Crippen molar-refractivity contribution in [1.82, 2.24) is 9.80 Å². The zero-order chi connectivity index (χ0) is 15.4. The molecule has 0 atom stereocenters. The molecular formula is C18H28N2O2. The van der Waals surface area contributed by atoms with Crippen LogP contribution >= 0.6 is 0 Å². The quantitative estimate of drug-likeness (QED) is 0.839. The van der Waals surface area contributed by atoms with Crippen molar-refractivity contribution in [2.75, 3.05) is 26.2 Å². The van der Waals surface area contributed by atoms with Crippen LogP contribution in [0.2, 0.25) is 0 Å². The largest absolute Gasteiger partial charge is 0.504 e. The van der Waals surface area contributed by atoms with Crippen LogP contribution in [-0.4, -0.2) is 46.2 Å². The number of phenols is 2. The summed E-state index contributed by atoms with van der Waals surface area (Å²) >= 11 is 0. The molecule has 2 N–H and O–H groups in total. The van der Waals surface area contributed by atoms with Gasteiger partial charge in [-0.05, 0) is 51.9 Å². The van der Waals surface area contributed by atoms with Crippen molar-refractivity contribution < 1.29 is 10.2 Å². The summed E-state index contributed by atoms with van der Waals surface area (Å²) < 4.78 is 0. The number of phenolic OH excluding ortho intramolecular Hbond substituents is 2. The van der Waals surface area contributed by atoms with Crippen molar-refractivity contribution >= 4 is 0 Å². The number of hydrogen-bond donors (Lipinski definition) is 2. The summed E-state index contributed by atoms with van der Waals surface area (Å²) in [6.45, 7) is 5.85. The van der Waals surface area contributed by atoms with Crippen LogP contribution in [0.3, 0.4) is 0 Å². The van der Waals surface area contributed by atoms with Gasteiger partial charge in [0, 0.05) is 24.2 Å². The molecule has 2 heterocycles. The zero-order valence-electron chi connectivity index (χ0n) is 13.4. The average Bonchev–Trinajstić information content (AvgIpc) is 2.56. The van der Waals surface area contributed by atoms with Gasteiger partial charge >= 0.3 is 0 Å². The lowest BCUT2D eigenvalue weighted by molar-refractivity contribution is 0.214. The van der Waals surface area contributed by atoms with Gasteiger partial charge in [0.25, 0.3) is 0 Å². The van der Waals surface area contributed by atoms with E-state index in [2.05, 4.69) is 9.80 Å². The molecule has 1 aromatic rings. The van der Waals surface area contributed by atoms with Crippen molar-refractivity contribution in [2.24, 2.45) is 0 Å². The molecule has 0 bridgehead atoms. The van der Waals surface area contributed by atoms with Gasteiger partial charge in [-0.2, -0.15) is 0 Å². The predicted octanol–water partition coefficient (Wildman–Crippen LogP) is 3.07. The first-order valence-corrected chi connectivity index (χ1v) is 8.71. The molecule has 0 radical (unpaired) electrons. The van der Waals surface area contributed by atoms with Crippen LogP contribution in [0, 0.1) is 0 Å². The number of rotatable bonds is 4. The molecule has 122 valence electrons. The first kappa shape index (κ1) is 15.6. The molecule has 0 aliphatic carbocycles. The summed E-state index contributed by atoms with van der Waals surface area (Å²) in [5.74, 6) is 0.167. The summed E-state index contributed by atoms with van der Waals surface area (Å²) in [5.41, 5.74) is 1.70. The fourth-order valence-electron chi connectivity index (χ4n) is 3.64. The third kappa shape index (κ3) is 3.73. The molecule has 1 aromatic carbocycles. The van der Waals surface area contributed by atoms with Crippen LogP contribution in [-0.2, 0) is 13.1 Å². The fraction of sp³-hybridized carbons (Fsp3) is 0.667. The van der Waals surface area contributed by atoms with Gasteiger partial charge in [0.2, 0.25) is 0 Å². The maximum atomic E-state index is 10.3. The Morgan fingerprint density at radius 1 is 0.636 bits per heavy atom. The van der Waals surface area contributed by atoms with Crippen LogP contribution < -0.4 is 0 Å². The summed E-state index contributed by atoms with van der Waals surface area (Å²) in [4.78, 5) is 4.73. The maximum Gasteiger partial charge on any atom is 0.162 e. The van der Waals surface area contributed by atoms with E-state index in [9.17, 15) is 10.2 Å². The van der Waals surface area contributed by atoms with Crippen molar-refractivity contribution in [1.29, 1.82) is 0 Å². The Morgan fingerprint density at radius 2 is 1.00 bits per heavy atom. The van der Waals surface area contributed by atoms with Crippen molar-refractivity contribution in [3.63, 3.8) is 0 Å². The Kier molecular flexibility index (Phi) is 5.21. The topological polar surface area (TPSA) is 46.9 Å². The predicted molar refractivity (Wildman–Crippen MR) is 88.0 cm³/mol. The fourth-order valence-corrected chi connectivity index (χ4v) is 3.64. The van der Waals surface area contributed by atoms with Crippen molar-refractivity contribution in [3.8, 4) is 11.5 Å². The minimum absolute atomic E-state index is 0.0834. The second-order valence-electron chi connectivity index (χ2n) is 6.75. The van der Waals surface area contributed by atoms with Gasteiger partial charge in [-0.1, -0.05) is 25.0 Å². The molecule has 2 aliphatic rings. The first-order chi connectivity index (χ1) is 10.7. The molecule has 2 fully saturated rings. The summed E-state index contributed by atoms with van der Waals surface area (Å²) in [5, 5.41) is 20.7. The number of benzene rings is 1. The third-order valence-electron chi connectivity index (χ3n) is 5.00. The van der Waals surface area contributed by atoms with E-state index in [1.165, 1.54) is 38.5 Å². The van der Waals surface area contributed by atoms with E-state index >= 15 is 0 Å². The molecule has 3 rings (SSSR count). The number of hydrogen-bond acceptors (Lipinski definition) is 4. The third-order valence-corrected chi connectivity index (χ3v) is 5.00. The average molecular weight is 304 g/mol. The van der Waals surface area contributed by atoms with Crippen LogP contribution in [0.4, 0.5) is 0 Å². The van der Waals surface area contributed by atoms with E-state index in [4.69, 9.17) is 0 Å². The molecule has 22 heavy (non-hydrogen) atoms. The van der Waals surface area contributed by atoms with E-state index < -0.39 is 0 Å². The Balaban J connectivity index is 1.67. The van der Waals surface area contributed by atoms with Gasteiger partial charge in [0.15, 0.2) is 11.5 Å². The Morgan fingerprint density at radius 3 is 1.36 bits per heavy atom. The monoisotopic (exact) mass is 304 g/mol. The Bertz CT molecular complexity index is 447. The van der Waals surface area contributed by atoms with Crippen LogP contribution in [0.15, 0.2) is 12.1 Å². The summed E-state index contributed by atoms with van der Waals surface area (Å²) in [7, 11) is 0. The summed E-state index contributed by atoms with van der Waals surface area (Å²) in [6.07, 6.45) is 7.56. The molecule has 0 aromatic heterocycles. The van der Waals surface area contributed by atoms with Crippen LogP contribution in [0.25, 0.3) is 0 Å².